The lowest BCUT2D eigenvalue weighted by atomic mass is 10.2. The number of anilines is 1. The van der Waals surface area contributed by atoms with Crippen LogP contribution in [0.2, 0.25) is 0 Å². The first-order valence-corrected chi connectivity index (χ1v) is 11.7. The van der Waals surface area contributed by atoms with Crippen LogP contribution >= 0.6 is 0 Å². The highest BCUT2D eigenvalue weighted by Gasteiger charge is 2.34. The first-order chi connectivity index (χ1) is 15.5. The van der Waals surface area contributed by atoms with Gasteiger partial charge in [-0.25, -0.2) is 8.42 Å². The van der Waals surface area contributed by atoms with Gasteiger partial charge < -0.3 is 16.2 Å². The van der Waals surface area contributed by atoms with Crippen LogP contribution in [-0.4, -0.2) is 73.9 Å². The summed E-state index contributed by atoms with van der Waals surface area (Å²) >= 11 is 0. The average molecular weight is 486 g/mol. The van der Waals surface area contributed by atoms with Crippen LogP contribution in [0.15, 0.2) is 53.4 Å². The lowest BCUT2D eigenvalue weighted by Crippen LogP contribution is -2.50. The molecule has 3 rings (SSSR count). The summed E-state index contributed by atoms with van der Waals surface area (Å²) < 4.78 is 65.5. The number of nitrogens with zero attached hydrogens (tertiary/aromatic N) is 2. The molecule has 1 atom stereocenters. The summed E-state index contributed by atoms with van der Waals surface area (Å²) in [6.07, 6.45) is -5.34. The Morgan fingerprint density at radius 3 is 2.33 bits per heavy atom. The largest absolute Gasteiger partial charge is 0.416 e. The number of aliphatic hydroxyl groups excluding tert-OH is 1. The second-order valence-electron chi connectivity index (χ2n) is 7.76. The van der Waals surface area contributed by atoms with Crippen molar-refractivity contribution in [1.82, 2.24) is 9.21 Å². The van der Waals surface area contributed by atoms with E-state index in [-0.39, 0.29) is 30.4 Å². The number of alkyl halides is 3. The fourth-order valence-electron chi connectivity index (χ4n) is 3.50. The highest BCUT2D eigenvalue weighted by molar-refractivity contribution is 7.89. The molecule has 2 aromatic carbocycles. The quantitative estimate of drug-likeness (QED) is 0.334. The molecular weight excluding hydrogens is 459 g/mol. The van der Waals surface area contributed by atoms with Crippen LogP contribution in [0.4, 0.5) is 18.9 Å². The zero-order valence-electron chi connectivity index (χ0n) is 17.7. The number of nitrogen functional groups attached to an aromatic ring is 1. The van der Waals surface area contributed by atoms with Gasteiger partial charge in [0, 0.05) is 50.5 Å². The molecule has 5 N–H and O–H groups in total. The zero-order chi connectivity index (χ0) is 24.2. The molecule has 180 valence electrons. The number of piperazine rings is 1. The number of nitrogens with one attached hydrogen (secondary N) is 2. The van der Waals surface area contributed by atoms with E-state index >= 15 is 0 Å². The maximum Gasteiger partial charge on any atom is 0.416 e. The van der Waals surface area contributed by atoms with Crippen molar-refractivity contribution in [3.63, 3.8) is 0 Å². The van der Waals surface area contributed by atoms with Gasteiger partial charge in [0.05, 0.1) is 16.6 Å². The molecule has 8 nitrogen and oxygen atoms in total. The van der Waals surface area contributed by atoms with Gasteiger partial charge in [-0.15, -0.1) is 0 Å². The molecule has 0 aromatic heterocycles. The van der Waals surface area contributed by atoms with Crippen molar-refractivity contribution in [2.45, 2.75) is 17.2 Å². The second-order valence-corrected chi connectivity index (χ2v) is 9.69. The van der Waals surface area contributed by atoms with Crippen molar-refractivity contribution < 1.29 is 26.7 Å². The Hall–Kier alpha value is -2.67. The van der Waals surface area contributed by atoms with E-state index in [2.05, 4.69) is 5.32 Å². The van der Waals surface area contributed by atoms with Gasteiger partial charge in [0.25, 0.3) is 0 Å². The average Bonchev–Trinajstić information content (AvgIpc) is 2.78. The summed E-state index contributed by atoms with van der Waals surface area (Å²) in [7, 11) is -4.04. The lowest BCUT2D eigenvalue weighted by Gasteiger charge is -2.35. The molecule has 1 unspecified atom stereocenters. The van der Waals surface area contributed by atoms with Gasteiger partial charge in [0.15, 0.2) is 0 Å². The number of aliphatic hydroxyl groups is 1. The van der Waals surface area contributed by atoms with Gasteiger partial charge in [-0.05, 0) is 42.5 Å². The van der Waals surface area contributed by atoms with E-state index in [1.807, 2.05) is 4.90 Å². The van der Waals surface area contributed by atoms with Crippen molar-refractivity contribution >= 4 is 21.5 Å². The van der Waals surface area contributed by atoms with E-state index in [4.69, 9.17) is 11.1 Å². The number of benzene rings is 2. The summed E-state index contributed by atoms with van der Waals surface area (Å²) in [5.41, 5.74) is 5.77. The monoisotopic (exact) mass is 485 g/mol. The smallest absolute Gasteiger partial charge is 0.390 e. The summed E-state index contributed by atoms with van der Waals surface area (Å²) in [5.74, 6) is -0.0317. The molecule has 0 amide bonds. The number of sulfonamides is 1. The molecule has 0 radical (unpaired) electrons. The summed E-state index contributed by atoms with van der Waals surface area (Å²) in [4.78, 5) is 1.52. The number of β-amino-alcohol motifs (C(OH)–C–C–N with tert-alkyl or cyclic N) is 1. The molecule has 0 saturated carbocycles. The molecule has 12 heteroatoms. The van der Waals surface area contributed by atoms with Crippen LogP contribution in [0.1, 0.15) is 11.1 Å². The first-order valence-electron chi connectivity index (χ1n) is 10.2. The minimum Gasteiger partial charge on any atom is -0.390 e. The zero-order valence-corrected chi connectivity index (χ0v) is 18.5. The predicted octanol–water partition coefficient (Wildman–Crippen LogP) is 1.77. The molecule has 1 saturated heterocycles. The Labute approximate surface area is 190 Å². The molecule has 1 aliphatic heterocycles. The van der Waals surface area contributed by atoms with Crippen LogP contribution in [0, 0.1) is 5.41 Å². The molecule has 0 spiro atoms. The van der Waals surface area contributed by atoms with Crippen molar-refractivity contribution in [2.75, 3.05) is 44.6 Å². The number of amidine groups is 1. The molecule has 0 aliphatic carbocycles. The highest BCUT2D eigenvalue weighted by atomic mass is 32.2. The van der Waals surface area contributed by atoms with E-state index in [0.29, 0.717) is 31.3 Å². The molecule has 33 heavy (non-hydrogen) atoms. The lowest BCUT2D eigenvalue weighted by molar-refractivity contribution is -0.137. The van der Waals surface area contributed by atoms with Crippen LogP contribution < -0.4 is 11.1 Å². The van der Waals surface area contributed by atoms with Gasteiger partial charge in [0.2, 0.25) is 10.0 Å². The third-order valence-electron chi connectivity index (χ3n) is 5.34. The molecular formula is C21H26F3N5O3S. The Balaban J connectivity index is 1.50. The number of hydrogen-bond acceptors (Lipinski definition) is 6. The molecule has 1 fully saturated rings. The van der Waals surface area contributed by atoms with Crippen LogP contribution in [-0.2, 0) is 16.2 Å². The second kappa shape index (κ2) is 10.1. The van der Waals surface area contributed by atoms with Crippen LogP contribution in [0.5, 0.6) is 0 Å². The number of halogens is 3. The van der Waals surface area contributed by atoms with Gasteiger partial charge in [-0.3, -0.25) is 10.3 Å². The minimum atomic E-state index is -4.62. The summed E-state index contributed by atoms with van der Waals surface area (Å²) in [5, 5.41) is 20.8. The van der Waals surface area contributed by atoms with Gasteiger partial charge >= 0.3 is 6.18 Å². The Morgan fingerprint density at radius 1 is 1.12 bits per heavy atom. The van der Waals surface area contributed by atoms with Crippen molar-refractivity contribution in [1.29, 1.82) is 5.41 Å². The highest BCUT2D eigenvalue weighted by Crippen LogP contribution is 2.31. The topological polar surface area (TPSA) is 123 Å². The Bertz CT molecular complexity index is 1070. The number of hydrogen-bond donors (Lipinski definition) is 4. The Kier molecular flexibility index (Phi) is 7.62. The van der Waals surface area contributed by atoms with Crippen LogP contribution in [0.25, 0.3) is 0 Å². The first kappa shape index (κ1) is 25.0. The number of nitrogens with two attached hydrogens (primary N) is 1. The van der Waals surface area contributed by atoms with Gasteiger partial charge in [-0.2, -0.15) is 17.5 Å². The third-order valence-corrected chi connectivity index (χ3v) is 7.23. The van der Waals surface area contributed by atoms with Gasteiger partial charge in [-0.1, -0.05) is 6.07 Å². The fraction of sp³-hybridized carbons (Fsp3) is 0.381. The van der Waals surface area contributed by atoms with E-state index in [0.717, 1.165) is 23.9 Å². The van der Waals surface area contributed by atoms with E-state index in [9.17, 15) is 26.7 Å². The molecule has 2 aromatic rings. The minimum absolute atomic E-state index is 0.0317. The van der Waals surface area contributed by atoms with Gasteiger partial charge in [0.1, 0.15) is 5.84 Å². The van der Waals surface area contributed by atoms with E-state index in [1.54, 1.807) is 24.3 Å². The fourth-order valence-corrected chi connectivity index (χ4v) is 4.97. The molecule has 1 heterocycles. The van der Waals surface area contributed by atoms with Crippen LogP contribution in [0.3, 0.4) is 0 Å². The van der Waals surface area contributed by atoms with Crippen molar-refractivity contribution in [3.8, 4) is 0 Å². The third kappa shape index (κ3) is 6.44. The van der Waals surface area contributed by atoms with Crippen molar-refractivity contribution in [3.05, 3.63) is 59.7 Å². The standard InChI is InChI=1S/C21H26F3N5O3S/c22-21(23,24)16-2-1-3-19(12-16)33(31,32)29-10-8-28(9-11-29)14-18(30)13-27-17-6-4-15(5-7-17)20(25)26/h1-7,12,18,27,30H,8-11,13-14H2,(H3,25,26). The molecule has 1 aliphatic rings. The maximum absolute atomic E-state index is 12.9. The Morgan fingerprint density at radius 2 is 1.76 bits per heavy atom. The predicted molar refractivity (Wildman–Crippen MR) is 119 cm³/mol. The van der Waals surface area contributed by atoms with E-state index in [1.165, 1.54) is 4.31 Å². The normalized spacial score (nSPS) is 17.0. The SMILES string of the molecule is N=C(N)c1ccc(NCC(O)CN2CCN(S(=O)(=O)c3cccc(C(F)(F)F)c3)CC2)cc1. The van der Waals surface area contributed by atoms with Crippen molar-refractivity contribution in [2.24, 2.45) is 5.73 Å². The van der Waals surface area contributed by atoms with E-state index < -0.39 is 27.9 Å². The number of rotatable bonds is 8. The molecule has 0 bridgehead atoms. The summed E-state index contributed by atoms with van der Waals surface area (Å²) in [6.45, 7) is 1.51. The summed E-state index contributed by atoms with van der Waals surface area (Å²) in [6, 6.07) is 10.6. The maximum atomic E-state index is 12.9.